The third-order valence-electron chi connectivity index (χ3n) is 1.49. The number of aliphatic hydroxyl groups excluding tert-OH is 1. The van der Waals surface area contributed by atoms with Gasteiger partial charge in [-0.25, -0.2) is 9.78 Å². The molecule has 1 aromatic heterocycles. The minimum Gasteiger partial charge on any atom is -0.395 e. The first-order valence-electron chi connectivity index (χ1n) is 4.26. The number of rotatable bonds is 4. The Morgan fingerprint density at radius 1 is 1.64 bits per heavy atom. The van der Waals surface area contributed by atoms with Crippen LogP contribution in [0.3, 0.4) is 0 Å². The normalized spacial score (nSPS) is 9.86. The smallest absolute Gasteiger partial charge is 0.315 e. The molecule has 3 N–H and O–H groups in total. The Bertz CT molecular complexity index is 301. The predicted octanol–water partition coefficient (Wildman–Crippen LogP) is 0.243. The van der Waals surface area contributed by atoms with Crippen LogP contribution in [0.5, 0.6) is 0 Å². The number of aliphatic hydroxyl groups is 1. The Balaban J connectivity index is 2.23. The van der Waals surface area contributed by atoms with E-state index in [4.69, 9.17) is 5.11 Å². The average molecular weight is 215 g/mol. The zero-order valence-electron chi connectivity index (χ0n) is 7.91. The summed E-state index contributed by atoms with van der Waals surface area (Å²) in [4.78, 5) is 16.1. The van der Waals surface area contributed by atoms with Crippen molar-refractivity contribution in [3.05, 3.63) is 16.1 Å². The van der Waals surface area contributed by atoms with Crippen LogP contribution < -0.4 is 10.6 Å². The molecule has 6 heteroatoms. The van der Waals surface area contributed by atoms with Gasteiger partial charge in [0.15, 0.2) is 0 Å². The monoisotopic (exact) mass is 215 g/mol. The van der Waals surface area contributed by atoms with Gasteiger partial charge in [-0.1, -0.05) is 0 Å². The number of amides is 2. The fraction of sp³-hybridized carbons (Fsp3) is 0.500. The van der Waals surface area contributed by atoms with Crippen LogP contribution in [0, 0.1) is 6.92 Å². The molecule has 0 saturated carbocycles. The second-order valence-corrected chi connectivity index (χ2v) is 4.00. The van der Waals surface area contributed by atoms with Gasteiger partial charge in [-0.05, 0) is 6.92 Å². The van der Waals surface area contributed by atoms with Crippen LogP contribution in [0.2, 0.25) is 0 Å². The molecule has 0 aliphatic carbocycles. The highest BCUT2D eigenvalue weighted by Crippen LogP contribution is 2.10. The van der Waals surface area contributed by atoms with Crippen molar-refractivity contribution in [2.24, 2.45) is 0 Å². The first-order chi connectivity index (χ1) is 6.72. The summed E-state index contributed by atoms with van der Waals surface area (Å²) in [6.45, 7) is 2.61. The number of hydrogen-bond acceptors (Lipinski definition) is 4. The zero-order valence-corrected chi connectivity index (χ0v) is 8.73. The van der Waals surface area contributed by atoms with E-state index in [0.717, 1.165) is 9.88 Å². The van der Waals surface area contributed by atoms with Crippen molar-refractivity contribution in [2.45, 2.75) is 13.5 Å². The summed E-state index contributed by atoms with van der Waals surface area (Å²) in [5.74, 6) is 0. The Kier molecular flexibility index (Phi) is 4.34. The largest absolute Gasteiger partial charge is 0.395 e. The van der Waals surface area contributed by atoms with E-state index in [1.54, 1.807) is 17.5 Å². The molecular formula is C8H13N3O2S. The highest BCUT2D eigenvalue weighted by molar-refractivity contribution is 7.11. The topological polar surface area (TPSA) is 74.2 Å². The van der Waals surface area contributed by atoms with Gasteiger partial charge >= 0.3 is 6.03 Å². The molecule has 14 heavy (non-hydrogen) atoms. The number of thiazole rings is 1. The molecule has 0 spiro atoms. The van der Waals surface area contributed by atoms with Gasteiger partial charge in [0.1, 0.15) is 0 Å². The lowest BCUT2D eigenvalue weighted by Crippen LogP contribution is -2.36. The summed E-state index contributed by atoms with van der Waals surface area (Å²) in [6, 6.07) is -0.273. The third kappa shape index (κ3) is 3.71. The Hall–Kier alpha value is -1.14. The molecule has 0 saturated heterocycles. The molecule has 0 aliphatic rings. The summed E-state index contributed by atoms with van der Waals surface area (Å²) in [5, 5.41) is 14.6. The standard InChI is InChI=1S/C8H13N3O2S/c1-6-10-4-7(14-6)5-11-8(13)9-2-3-12/h4,12H,2-3,5H2,1H3,(H2,9,11,13). The molecule has 1 rings (SSSR count). The molecule has 0 bridgehead atoms. The number of aryl methyl sites for hydroxylation is 1. The van der Waals surface area contributed by atoms with Gasteiger partial charge in [-0.2, -0.15) is 0 Å². The molecule has 1 aromatic rings. The van der Waals surface area contributed by atoms with Crippen molar-refractivity contribution >= 4 is 17.4 Å². The van der Waals surface area contributed by atoms with Gasteiger partial charge in [0.2, 0.25) is 0 Å². The Morgan fingerprint density at radius 2 is 2.43 bits per heavy atom. The maximum absolute atomic E-state index is 11.0. The summed E-state index contributed by atoms with van der Waals surface area (Å²) in [5.41, 5.74) is 0. The second-order valence-electron chi connectivity index (χ2n) is 2.68. The fourth-order valence-electron chi connectivity index (χ4n) is 0.886. The van der Waals surface area contributed by atoms with E-state index in [1.165, 1.54) is 0 Å². The van der Waals surface area contributed by atoms with Gasteiger partial charge in [0.05, 0.1) is 18.2 Å². The molecule has 0 fully saturated rings. The molecular weight excluding hydrogens is 202 g/mol. The SMILES string of the molecule is Cc1ncc(CNC(=O)NCCO)s1. The minimum absolute atomic E-state index is 0.0485. The molecule has 5 nitrogen and oxygen atoms in total. The van der Waals surface area contributed by atoms with Gasteiger partial charge in [0.25, 0.3) is 0 Å². The lowest BCUT2D eigenvalue weighted by molar-refractivity contribution is 0.234. The number of urea groups is 1. The van der Waals surface area contributed by atoms with Crippen molar-refractivity contribution < 1.29 is 9.90 Å². The number of aromatic nitrogens is 1. The minimum atomic E-state index is -0.273. The van der Waals surface area contributed by atoms with Gasteiger partial charge in [0, 0.05) is 17.6 Å². The summed E-state index contributed by atoms with van der Waals surface area (Å²) in [7, 11) is 0. The first kappa shape index (κ1) is 10.9. The van der Waals surface area contributed by atoms with Crippen LogP contribution in [0.4, 0.5) is 4.79 Å². The van der Waals surface area contributed by atoms with Crippen molar-refractivity contribution in [3.8, 4) is 0 Å². The van der Waals surface area contributed by atoms with Crippen molar-refractivity contribution in [3.63, 3.8) is 0 Å². The van der Waals surface area contributed by atoms with Crippen LogP contribution in [0.25, 0.3) is 0 Å². The summed E-state index contributed by atoms with van der Waals surface area (Å²) < 4.78 is 0. The summed E-state index contributed by atoms with van der Waals surface area (Å²) >= 11 is 1.55. The second kappa shape index (κ2) is 5.56. The van der Waals surface area contributed by atoms with E-state index in [0.29, 0.717) is 6.54 Å². The number of carbonyl (C=O) groups excluding carboxylic acids is 1. The molecule has 0 atom stereocenters. The molecule has 0 aromatic carbocycles. The molecule has 2 amide bonds. The number of nitrogens with one attached hydrogen (secondary N) is 2. The van der Waals surface area contributed by atoms with Crippen LogP contribution in [-0.2, 0) is 6.54 Å². The number of nitrogens with zero attached hydrogens (tertiary/aromatic N) is 1. The maximum atomic E-state index is 11.0. The first-order valence-corrected chi connectivity index (χ1v) is 5.08. The fourth-order valence-corrected chi connectivity index (χ4v) is 1.62. The molecule has 78 valence electrons. The Morgan fingerprint density at radius 3 is 3.00 bits per heavy atom. The average Bonchev–Trinajstić information content (AvgIpc) is 2.58. The summed E-state index contributed by atoms with van der Waals surface area (Å²) in [6.07, 6.45) is 1.74. The third-order valence-corrected chi connectivity index (χ3v) is 2.40. The van der Waals surface area contributed by atoms with Crippen molar-refractivity contribution in [2.75, 3.05) is 13.2 Å². The predicted molar refractivity (Wildman–Crippen MR) is 54.2 cm³/mol. The van der Waals surface area contributed by atoms with E-state index in [1.807, 2.05) is 6.92 Å². The van der Waals surface area contributed by atoms with E-state index in [2.05, 4.69) is 15.6 Å². The van der Waals surface area contributed by atoms with Crippen LogP contribution in [0.1, 0.15) is 9.88 Å². The lowest BCUT2D eigenvalue weighted by Gasteiger charge is -2.03. The van der Waals surface area contributed by atoms with Crippen molar-refractivity contribution in [1.29, 1.82) is 0 Å². The Labute approximate surface area is 86.2 Å². The zero-order chi connectivity index (χ0) is 10.4. The molecule has 0 aliphatic heterocycles. The number of hydrogen-bond donors (Lipinski definition) is 3. The van der Waals surface area contributed by atoms with E-state index in [-0.39, 0.29) is 19.2 Å². The highest BCUT2D eigenvalue weighted by atomic mass is 32.1. The van der Waals surface area contributed by atoms with Gasteiger partial charge < -0.3 is 15.7 Å². The number of carbonyl (C=O) groups is 1. The lowest BCUT2D eigenvalue weighted by atomic mass is 10.5. The van der Waals surface area contributed by atoms with E-state index < -0.39 is 0 Å². The molecule has 1 heterocycles. The van der Waals surface area contributed by atoms with Crippen LogP contribution in [-0.4, -0.2) is 29.3 Å². The van der Waals surface area contributed by atoms with E-state index in [9.17, 15) is 4.79 Å². The van der Waals surface area contributed by atoms with Crippen LogP contribution >= 0.6 is 11.3 Å². The van der Waals surface area contributed by atoms with Gasteiger partial charge in [-0.3, -0.25) is 0 Å². The van der Waals surface area contributed by atoms with Gasteiger partial charge in [-0.15, -0.1) is 11.3 Å². The van der Waals surface area contributed by atoms with Crippen LogP contribution in [0.15, 0.2) is 6.20 Å². The quantitative estimate of drug-likeness (QED) is 0.673. The molecule has 0 unspecified atom stereocenters. The van der Waals surface area contributed by atoms with Crippen molar-refractivity contribution in [1.82, 2.24) is 15.6 Å². The molecule has 0 radical (unpaired) electrons. The highest BCUT2D eigenvalue weighted by Gasteiger charge is 2.01. The maximum Gasteiger partial charge on any atom is 0.315 e. The van der Waals surface area contributed by atoms with E-state index >= 15 is 0 Å².